The Morgan fingerprint density at radius 1 is 1.27 bits per heavy atom. The van der Waals surface area contributed by atoms with E-state index in [0.717, 1.165) is 37.1 Å². The number of aliphatic hydroxyl groups excluding tert-OH is 1. The van der Waals surface area contributed by atoms with Crippen LogP contribution in [0.25, 0.3) is 11.1 Å². The van der Waals surface area contributed by atoms with Gasteiger partial charge in [0.25, 0.3) is 5.91 Å². The zero-order chi connectivity index (χ0) is 20.7. The number of likely N-dealkylation sites (tertiary alicyclic amines) is 1. The van der Waals surface area contributed by atoms with Gasteiger partial charge in [-0.3, -0.25) is 9.78 Å². The number of rotatable bonds is 2. The van der Waals surface area contributed by atoms with Crippen molar-refractivity contribution in [2.45, 2.75) is 32.3 Å². The summed E-state index contributed by atoms with van der Waals surface area (Å²) in [5, 5.41) is 10.5. The van der Waals surface area contributed by atoms with Gasteiger partial charge in [-0.05, 0) is 42.9 Å². The summed E-state index contributed by atoms with van der Waals surface area (Å²) in [5.74, 6) is 1.41. The molecule has 2 aliphatic heterocycles. The molecule has 3 aromatic rings. The molecule has 0 bridgehead atoms. The predicted molar refractivity (Wildman–Crippen MR) is 111 cm³/mol. The Hall–Kier alpha value is -3.00. The van der Waals surface area contributed by atoms with E-state index in [2.05, 4.69) is 19.9 Å². The fourth-order valence-corrected chi connectivity index (χ4v) is 4.88. The average Bonchev–Trinajstić information content (AvgIpc) is 3.13. The summed E-state index contributed by atoms with van der Waals surface area (Å²) in [6.07, 6.45) is 7.14. The highest BCUT2D eigenvalue weighted by Gasteiger charge is 2.42. The van der Waals surface area contributed by atoms with Crippen molar-refractivity contribution in [1.29, 1.82) is 0 Å². The molecular weight excluding hydrogens is 382 g/mol. The third-order valence-electron chi connectivity index (χ3n) is 6.35. The van der Waals surface area contributed by atoms with Gasteiger partial charge in [0.15, 0.2) is 11.5 Å². The number of fused-ring (bicyclic) bond motifs is 1. The molecule has 1 unspecified atom stereocenters. The number of amides is 1. The highest BCUT2D eigenvalue weighted by Crippen LogP contribution is 2.41. The van der Waals surface area contributed by atoms with E-state index < -0.39 is 6.10 Å². The number of β-amino-alcohol motifs (C(OH)–C–C–N with tert-alkyl or cyclic N) is 1. The number of carbonyl (C=O) groups is 1. The SMILES string of the molecule is Cc1nc2ccc(C(=O)N3CCC4(CC3)CC(O)CN(c3cnccn3)C4)cc2o1. The number of anilines is 1. The van der Waals surface area contributed by atoms with Crippen LogP contribution >= 0.6 is 0 Å². The average molecular weight is 407 g/mol. The summed E-state index contributed by atoms with van der Waals surface area (Å²) in [4.78, 5) is 29.9. The second-order valence-corrected chi connectivity index (χ2v) is 8.51. The Kier molecular flexibility index (Phi) is 4.66. The zero-order valence-corrected chi connectivity index (χ0v) is 17.0. The molecule has 156 valence electrons. The zero-order valence-electron chi connectivity index (χ0n) is 17.0. The van der Waals surface area contributed by atoms with E-state index in [1.165, 1.54) is 0 Å². The number of aromatic nitrogens is 3. The second-order valence-electron chi connectivity index (χ2n) is 8.51. The molecule has 4 heterocycles. The van der Waals surface area contributed by atoms with E-state index >= 15 is 0 Å². The number of aliphatic hydroxyl groups is 1. The molecule has 2 fully saturated rings. The maximum atomic E-state index is 13.1. The molecule has 5 rings (SSSR count). The van der Waals surface area contributed by atoms with Gasteiger partial charge in [0, 0.05) is 51.1 Å². The summed E-state index contributed by atoms with van der Waals surface area (Å²) in [6.45, 7) is 4.54. The molecule has 0 radical (unpaired) electrons. The Balaban J connectivity index is 1.29. The summed E-state index contributed by atoms with van der Waals surface area (Å²) in [7, 11) is 0. The quantitative estimate of drug-likeness (QED) is 0.697. The van der Waals surface area contributed by atoms with Crippen molar-refractivity contribution in [3.8, 4) is 0 Å². The highest BCUT2D eigenvalue weighted by molar-refractivity contribution is 5.97. The van der Waals surface area contributed by atoms with Crippen LogP contribution in [0.4, 0.5) is 5.82 Å². The molecule has 2 aromatic heterocycles. The minimum absolute atomic E-state index is 0.0159. The summed E-state index contributed by atoms with van der Waals surface area (Å²) in [5.41, 5.74) is 2.01. The monoisotopic (exact) mass is 407 g/mol. The summed E-state index contributed by atoms with van der Waals surface area (Å²) < 4.78 is 5.58. The number of oxazole rings is 1. The van der Waals surface area contributed by atoms with Crippen LogP contribution in [0.2, 0.25) is 0 Å². The lowest BCUT2D eigenvalue weighted by Crippen LogP contribution is -2.54. The number of carbonyl (C=O) groups excluding carboxylic acids is 1. The van der Waals surface area contributed by atoms with Crippen molar-refractivity contribution >= 4 is 22.8 Å². The van der Waals surface area contributed by atoms with E-state index in [0.29, 0.717) is 36.7 Å². The minimum atomic E-state index is -0.403. The molecule has 1 amide bonds. The standard InChI is InChI=1S/C22H25N5O3/c1-15-25-18-3-2-16(10-19(18)30-15)21(29)26-8-4-22(5-9-26)11-17(28)13-27(14-22)20-12-23-6-7-24-20/h2-3,6-7,10,12,17,28H,4-5,8-9,11,13-14H2,1H3. The van der Waals surface area contributed by atoms with Gasteiger partial charge in [0.1, 0.15) is 11.3 Å². The number of hydrogen-bond acceptors (Lipinski definition) is 7. The number of benzene rings is 1. The van der Waals surface area contributed by atoms with Gasteiger partial charge < -0.3 is 19.3 Å². The molecule has 1 atom stereocenters. The molecule has 1 aromatic carbocycles. The first-order valence-corrected chi connectivity index (χ1v) is 10.4. The maximum Gasteiger partial charge on any atom is 0.253 e. The molecule has 30 heavy (non-hydrogen) atoms. The van der Waals surface area contributed by atoms with Crippen molar-refractivity contribution in [2.24, 2.45) is 5.41 Å². The van der Waals surface area contributed by atoms with Gasteiger partial charge in [-0.25, -0.2) is 9.97 Å². The van der Waals surface area contributed by atoms with Crippen LogP contribution in [0.1, 0.15) is 35.5 Å². The van der Waals surface area contributed by atoms with Gasteiger partial charge in [-0.15, -0.1) is 0 Å². The van der Waals surface area contributed by atoms with E-state index in [-0.39, 0.29) is 11.3 Å². The molecular formula is C22H25N5O3. The lowest BCUT2D eigenvalue weighted by Gasteiger charge is -2.49. The van der Waals surface area contributed by atoms with Gasteiger partial charge >= 0.3 is 0 Å². The van der Waals surface area contributed by atoms with Crippen molar-refractivity contribution in [3.05, 3.63) is 48.2 Å². The summed E-state index contributed by atoms with van der Waals surface area (Å²) >= 11 is 0. The van der Waals surface area contributed by atoms with Crippen molar-refractivity contribution in [3.63, 3.8) is 0 Å². The van der Waals surface area contributed by atoms with Crippen molar-refractivity contribution < 1.29 is 14.3 Å². The molecule has 2 saturated heterocycles. The van der Waals surface area contributed by atoms with E-state index in [1.807, 2.05) is 17.0 Å². The topological polar surface area (TPSA) is 95.6 Å². The lowest BCUT2D eigenvalue weighted by molar-refractivity contribution is 0.0246. The Labute approximate surface area is 174 Å². The van der Waals surface area contributed by atoms with Gasteiger partial charge in [0.2, 0.25) is 0 Å². The van der Waals surface area contributed by atoms with Crippen LogP contribution in [0, 0.1) is 12.3 Å². The Morgan fingerprint density at radius 3 is 2.87 bits per heavy atom. The van der Waals surface area contributed by atoms with Crippen LogP contribution < -0.4 is 4.90 Å². The largest absolute Gasteiger partial charge is 0.441 e. The van der Waals surface area contributed by atoms with E-state index in [9.17, 15) is 9.90 Å². The first-order valence-electron chi connectivity index (χ1n) is 10.4. The minimum Gasteiger partial charge on any atom is -0.441 e. The van der Waals surface area contributed by atoms with E-state index in [1.54, 1.807) is 31.6 Å². The Bertz CT molecular complexity index is 1060. The molecule has 0 saturated carbocycles. The Morgan fingerprint density at radius 2 is 2.10 bits per heavy atom. The fraction of sp³-hybridized carbons (Fsp3) is 0.455. The molecule has 1 spiro atoms. The normalized spacial score (nSPS) is 21.3. The molecule has 8 heteroatoms. The fourth-order valence-electron chi connectivity index (χ4n) is 4.88. The number of aryl methyl sites for hydroxylation is 1. The van der Waals surface area contributed by atoms with Crippen LogP contribution in [0.3, 0.4) is 0 Å². The van der Waals surface area contributed by atoms with Gasteiger partial charge in [0.05, 0.1) is 12.3 Å². The third kappa shape index (κ3) is 3.52. The number of hydrogen-bond donors (Lipinski definition) is 1. The lowest BCUT2D eigenvalue weighted by atomic mass is 9.71. The molecule has 8 nitrogen and oxygen atoms in total. The highest BCUT2D eigenvalue weighted by atomic mass is 16.3. The third-order valence-corrected chi connectivity index (χ3v) is 6.35. The summed E-state index contributed by atoms with van der Waals surface area (Å²) in [6, 6.07) is 5.43. The van der Waals surface area contributed by atoms with Gasteiger partial charge in [-0.1, -0.05) is 0 Å². The van der Waals surface area contributed by atoms with Crippen LogP contribution in [0.5, 0.6) is 0 Å². The predicted octanol–water partition coefficient (Wildman–Crippen LogP) is 2.42. The first kappa shape index (κ1) is 19.0. The number of nitrogens with zero attached hydrogens (tertiary/aromatic N) is 5. The smallest absolute Gasteiger partial charge is 0.253 e. The molecule has 0 aliphatic carbocycles. The van der Waals surface area contributed by atoms with Crippen molar-refractivity contribution in [1.82, 2.24) is 19.9 Å². The van der Waals surface area contributed by atoms with Crippen LogP contribution in [-0.2, 0) is 0 Å². The molecule has 2 aliphatic rings. The second kappa shape index (κ2) is 7.36. The van der Waals surface area contributed by atoms with Crippen LogP contribution in [-0.4, -0.2) is 63.1 Å². The van der Waals surface area contributed by atoms with E-state index in [4.69, 9.17) is 4.42 Å². The van der Waals surface area contributed by atoms with Gasteiger partial charge in [-0.2, -0.15) is 0 Å². The number of piperidine rings is 2. The maximum absolute atomic E-state index is 13.1. The van der Waals surface area contributed by atoms with Crippen molar-refractivity contribution in [2.75, 3.05) is 31.1 Å². The molecule has 1 N–H and O–H groups in total. The first-order chi connectivity index (χ1) is 14.5. The van der Waals surface area contributed by atoms with Crippen LogP contribution in [0.15, 0.2) is 41.2 Å².